The molecular weight excluding hydrogens is 283 g/mol. The molecule has 2 rings (SSSR count). The third-order valence-electron chi connectivity index (χ3n) is 3.50. The number of benzene rings is 1. The monoisotopic (exact) mass is 300 g/mol. The topological polar surface area (TPSA) is 66.5 Å². The molecular formula is C13H17FN2O3S. The van der Waals surface area contributed by atoms with Crippen molar-refractivity contribution in [1.82, 2.24) is 9.62 Å². The van der Waals surface area contributed by atoms with Gasteiger partial charge in [-0.3, -0.25) is 4.79 Å². The lowest BCUT2D eigenvalue weighted by Gasteiger charge is -2.40. The van der Waals surface area contributed by atoms with Crippen LogP contribution in [0.2, 0.25) is 0 Å². The van der Waals surface area contributed by atoms with Gasteiger partial charge in [-0.05, 0) is 38.5 Å². The maximum Gasteiger partial charge on any atom is 0.244 e. The average Bonchev–Trinajstić information content (AvgIpc) is 2.35. The van der Waals surface area contributed by atoms with Gasteiger partial charge in [-0.25, -0.2) is 12.8 Å². The zero-order valence-electron chi connectivity index (χ0n) is 11.6. The fraction of sp³-hybridized carbons (Fsp3) is 0.462. The number of hydrogen-bond acceptors (Lipinski definition) is 3. The predicted molar refractivity (Wildman–Crippen MR) is 72.1 cm³/mol. The molecule has 0 aliphatic carbocycles. The SMILES string of the molecule is Cc1ccc(F)cc1S(=O)(=O)N1CCNC(=O)C1(C)C. The Labute approximate surface area is 117 Å². The Bertz CT molecular complexity index is 656. The van der Waals surface area contributed by atoms with Gasteiger partial charge in [-0.2, -0.15) is 4.31 Å². The molecule has 0 aromatic heterocycles. The number of piperazine rings is 1. The second kappa shape index (κ2) is 4.82. The molecule has 1 saturated heterocycles. The molecule has 1 N–H and O–H groups in total. The molecule has 0 unspecified atom stereocenters. The zero-order chi connectivity index (χ0) is 15.1. The van der Waals surface area contributed by atoms with Gasteiger partial charge in [0.05, 0.1) is 4.90 Å². The Balaban J connectivity index is 2.55. The van der Waals surface area contributed by atoms with Gasteiger partial charge in [-0.1, -0.05) is 6.07 Å². The van der Waals surface area contributed by atoms with Gasteiger partial charge in [0.25, 0.3) is 0 Å². The summed E-state index contributed by atoms with van der Waals surface area (Å²) in [6, 6.07) is 3.62. The van der Waals surface area contributed by atoms with E-state index in [2.05, 4.69) is 5.32 Å². The molecule has 1 aliphatic heterocycles. The number of carbonyl (C=O) groups excluding carboxylic acids is 1. The summed E-state index contributed by atoms with van der Waals surface area (Å²) >= 11 is 0. The molecule has 20 heavy (non-hydrogen) atoms. The molecule has 0 atom stereocenters. The summed E-state index contributed by atoms with van der Waals surface area (Å²) < 4.78 is 39.9. The molecule has 1 aromatic rings. The molecule has 1 aromatic carbocycles. The molecule has 5 nitrogen and oxygen atoms in total. The van der Waals surface area contributed by atoms with Crippen molar-refractivity contribution in [3.8, 4) is 0 Å². The standard InChI is InChI=1S/C13H17FN2O3S/c1-9-4-5-10(14)8-11(9)20(18,19)16-7-6-15-12(17)13(16,2)3/h4-5,8H,6-7H2,1-3H3,(H,15,17). The maximum atomic E-state index is 13.4. The fourth-order valence-electron chi connectivity index (χ4n) is 2.27. The molecule has 1 heterocycles. The molecule has 0 saturated carbocycles. The van der Waals surface area contributed by atoms with Crippen LogP contribution < -0.4 is 5.32 Å². The van der Waals surface area contributed by atoms with E-state index in [0.717, 1.165) is 10.4 Å². The van der Waals surface area contributed by atoms with Crippen LogP contribution in [-0.2, 0) is 14.8 Å². The quantitative estimate of drug-likeness (QED) is 0.887. The first-order valence-electron chi connectivity index (χ1n) is 6.24. The Morgan fingerprint density at radius 1 is 1.35 bits per heavy atom. The van der Waals surface area contributed by atoms with Gasteiger partial charge in [0.1, 0.15) is 11.4 Å². The van der Waals surface area contributed by atoms with Crippen LogP contribution in [0.5, 0.6) is 0 Å². The molecule has 110 valence electrons. The lowest BCUT2D eigenvalue weighted by molar-refractivity contribution is -0.131. The number of halogens is 1. The van der Waals surface area contributed by atoms with Crippen molar-refractivity contribution in [2.24, 2.45) is 0 Å². The number of amides is 1. The Hall–Kier alpha value is -1.47. The van der Waals surface area contributed by atoms with Crippen LogP contribution in [0.3, 0.4) is 0 Å². The average molecular weight is 300 g/mol. The molecule has 0 bridgehead atoms. The van der Waals surface area contributed by atoms with E-state index in [1.165, 1.54) is 26.0 Å². The number of carbonyl (C=O) groups is 1. The first-order chi connectivity index (χ1) is 9.17. The minimum Gasteiger partial charge on any atom is -0.353 e. The first kappa shape index (κ1) is 14.9. The maximum absolute atomic E-state index is 13.4. The smallest absolute Gasteiger partial charge is 0.244 e. The highest BCUT2D eigenvalue weighted by Crippen LogP contribution is 2.28. The van der Waals surface area contributed by atoms with Crippen LogP contribution >= 0.6 is 0 Å². The third kappa shape index (κ3) is 2.31. The first-order valence-corrected chi connectivity index (χ1v) is 7.68. The van der Waals surface area contributed by atoms with E-state index < -0.39 is 21.4 Å². The number of rotatable bonds is 2. The highest BCUT2D eigenvalue weighted by molar-refractivity contribution is 7.89. The highest BCUT2D eigenvalue weighted by atomic mass is 32.2. The summed E-state index contributed by atoms with van der Waals surface area (Å²) in [5.41, 5.74) is -0.747. The summed E-state index contributed by atoms with van der Waals surface area (Å²) in [6.07, 6.45) is 0. The van der Waals surface area contributed by atoms with Gasteiger partial charge in [-0.15, -0.1) is 0 Å². The minimum absolute atomic E-state index is 0.0970. The fourth-order valence-corrected chi connectivity index (χ4v) is 4.26. The zero-order valence-corrected chi connectivity index (χ0v) is 12.4. The molecule has 0 spiro atoms. The summed E-state index contributed by atoms with van der Waals surface area (Å²) in [5, 5.41) is 2.63. The van der Waals surface area contributed by atoms with Crippen LogP contribution in [0.1, 0.15) is 19.4 Å². The van der Waals surface area contributed by atoms with E-state index in [4.69, 9.17) is 0 Å². The number of nitrogens with zero attached hydrogens (tertiary/aromatic N) is 1. The Kier molecular flexibility index (Phi) is 3.60. The van der Waals surface area contributed by atoms with Gasteiger partial charge in [0, 0.05) is 13.1 Å². The van der Waals surface area contributed by atoms with E-state index in [0.29, 0.717) is 5.56 Å². The summed E-state index contributed by atoms with van der Waals surface area (Å²) in [4.78, 5) is 11.8. The third-order valence-corrected chi connectivity index (χ3v) is 5.71. The number of aryl methyl sites for hydroxylation is 1. The van der Waals surface area contributed by atoms with E-state index in [1.54, 1.807) is 6.92 Å². The van der Waals surface area contributed by atoms with Gasteiger partial charge < -0.3 is 5.32 Å². The lowest BCUT2D eigenvalue weighted by atomic mass is 10.0. The van der Waals surface area contributed by atoms with Crippen LogP contribution in [0, 0.1) is 12.7 Å². The second-order valence-electron chi connectivity index (χ2n) is 5.30. The van der Waals surface area contributed by atoms with Crippen molar-refractivity contribution in [3.63, 3.8) is 0 Å². The molecule has 0 radical (unpaired) electrons. The van der Waals surface area contributed by atoms with Crippen molar-refractivity contribution < 1.29 is 17.6 Å². The molecule has 1 amide bonds. The van der Waals surface area contributed by atoms with E-state index in [9.17, 15) is 17.6 Å². The van der Waals surface area contributed by atoms with Crippen molar-refractivity contribution in [1.29, 1.82) is 0 Å². The van der Waals surface area contributed by atoms with Crippen molar-refractivity contribution in [2.75, 3.05) is 13.1 Å². The van der Waals surface area contributed by atoms with Gasteiger partial charge in [0.2, 0.25) is 15.9 Å². The summed E-state index contributed by atoms with van der Waals surface area (Å²) in [5.74, 6) is -0.977. The van der Waals surface area contributed by atoms with Crippen molar-refractivity contribution in [3.05, 3.63) is 29.6 Å². The lowest BCUT2D eigenvalue weighted by Crippen LogP contribution is -2.63. The Morgan fingerprint density at radius 2 is 2.00 bits per heavy atom. The minimum atomic E-state index is -3.92. The number of nitrogens with one attached hydrogen (secondary N) is 1. The van der Waals surface area contributed by atoms with E-state index in [1.807, 2.05) is 0 Å². The number of hydrogen-bond donors (Lipinski definition) is 1. The largest absolute Gasteiger partial charge is 0.353 e. The second-order valence-corrected chi connectivity index (χ2v) is 7.13. The highest BCUT2D eigenvalue weighted by Gasteiger charge is 2.45. The Morgan fingerprint density at radius 3 is 2.65 bits per heavy atom. The van der Waals surface area contributed by atoms with E-state index in [-0.39, 0.29) is 23.9 Å². The molecule has 7 heteroatoms. The predicted octanol–water partition coefficient (Wildman–Crippen LogP) is 1.03. The van der Waals surface area contributed by atoms with Crippen LogP contribution in [0.4, 0.5) is 4.39 Å². The molecule has 1 aliphatic rings. The van der Waals surface area contributed by atoms with Gasteiger partial charge in [0.15, 0.2) is 0 Å². The van der Waals surface area contributed by atoms with Crippen molar-refractivity contribution in [2.45, 2.75) is 31.2 Å². The van der Waals surface area contributed by atoms with Crippen LogP contribution in [0.15, 0.2) is 23.1 Å². The summed E-state index contributed by atoms with van der Waals surface area (Å²) in [7, 11) is -3.92. The summed E-state index contributed by atoms with van der Waals surface area (Å²) in [6.45, 7) is 5.08. The van der Waals surface area contributed by atoms with Crippen molar-refractivity contribution >= 4 is 15.9 Å². The van der Waals surface area contributed by atoms with E-state index >= 15 is 0 Å². The molecule has 1 fully saturated rings. The van der Waals surface area contributed by atoms with Crippen LogP contribution in [-0.4, -0.2) is 37.3 Å². The van der Waals surface area contributed by atoms with Gasteiger partial charge >= 0.3 is 0 Å². The van der Waals surface area contributed by atoms with Crippen LogP contribution in [0.25, 0.3) is 0 Å². The normalized spacial score (nSPS) is 19.7. The number of sulfonamides is 1.